The van der Waals surface area contributed by atoms with Crippen molar-refractivity contribution < 1.29 is 14.3 Å². The van der Waals surface area contributed by atoms with Gasteiger partial charge in [-0.15, -0.1) is 0 Å². The molecule has 0 unspecified atom stereocenters. The summed E-state index contributed by atoms with van der Waals surface area (Å²) in [7, 11) is 0. The van der Waals surface area contributed by atoms with Crippen LogP contribution in [0.25, 0.3) is 0 Å². The minimum Gasteiger partial charge on any atom is -0.483 e. The monoisotopic (exact) mass is 351 g/mol. The van der Waals surface area contributed by atoms with Gasteiger partial charge in [0.1, 0.15) is 11.9 Å². The van der Waals surface area contributed by atoms with Gasteiger partial charge in [0.2, 0.25) is 0 Å². The number of fused-ring (bicyclic) bond motifs is 1. The van der Waals surface area contributed by atoms with Crippen LogP contribution in [0.1, 0.15) is 34.9 Å². The Morgan fingerprint density at radius 3 is 2.62 bits per heavy atom. The van der Waals surface area contributed by atoms with E-state index in [2.05, 4.69) is 10.6 Å². The lowest BCUT2D eigenvalue weighted by molar-refractivity contribution is -0.132. The van der Waals surface area contributed by atoms with Crippen LogP contribution < -0.4 is 15.4 Å². The fourth-order valence-electron chi connectivity index (χ4n) is 3.41. The lowest BCUT2D eigenvalue weighted by Crippen LogP contribution is -2.38. The number of rotatable bonds is 4. The highest BCUT2D eigenvalue weighted by molar-refractivity contribution is 6.01. The third-order valence-electron chi connectivity index (χ3n) is 4.79. The van der Waals surface area contributed by atoms with E-state index in [0.29, 0.717) is 11.3 Å². The van der Waals surface area contributed by atoms with Crippen molar-refractivity contribution in [2.75, 3.05) is 25.0 Å². The number of hydrogen-bond donors (Lipinski definition) is 2. The quantitative estimate of drug-likeness (QED) is 0.888. The van der Waals surface area contributed by atoms with Crippen LogP contribution in [0.5, 0.6) is 5.75 Å². The van der Waals surface area contributed by atoms with Crippen molar-refractivity contribution in [2.45, 2.75) is 19.0 Å². The molecule has 0 aromatic heterocycles. The van der Waals surface area contributed by atoms with E-state index in [-0.39, 0.29) is 18.4 Å². The Labute approximate surface area is 152 Å². The summed E-state index contributed by atoms with van der Waals surface area (Å²) in [6.45, 7) is 1.62. The first-order valence-electron chi connectivity index (χ1n) is 8.88. The molecular weight excluding hydrogens is 330 g/mol. The van der Waals surface area contributed by atoms with Crippen LogP contribution in [0, 0.1) is 0 Å². The third-order valence-corrected chi connectivity index (χ3v) is 4.79. The first kappa shape index (κ1) is 16.4. The summed E-state index contributed by atoms with van der Waals surface area (Å²) < 4.78 is 5.81. The molecule has 2 N–H and O–H groups in total. The molecule has 2 amide bonds. The Balaban J connectivity index is 1.51. The van der Waals surface area contributed by atoms with E-state index >= 15 is 0 Å². The maximum absolute atomic E-state index is 12.4. The molecule has 1 saturated heterocycles. The van der Waals surface area contributed by atoms with Gasteiger partial charge in [-0.3, -0.25) is 9.59 Å². The largest absolute Gasteiger partial charge is 0.483 e. The molecule has 0 spiro atoms. The Morgan fingerprint density at radius 2 is 1.77 bits per heavy atom. The van der Waals surface area contributed by atoms with Gasteiger partial charge in [-0.2, -0.15) is 0 Å². The van der Waals surface area contributed by atoms with E-state index in [4.69, 9.17) is 4.74 Å². The molecule has 0 radical (unpaired) electrons. The van der Waals surface area contributed by atoms with Crippen LogP contribution in [0.15, 0.2) is 48.5 Å². The molecule has 0 aliphatic carbocycles. The topological polar surface area (TPSA) is 70.7 Å². The molecule has 0 bridgehead atoms. The number of anilines is 1. The first-order valence-corrected chi connectivity index (χ1v) is 8.88. The van der Waals surface area contributed by atoms with E-state index in [0.717, 1.165) is 37.2 Å². The van der Waals surface area contributed by atoms with Gasteiger partial charge in [0.05, 0.1) is 5.56 Å². The van der Waals surface area contributed by atoms with E-state index in [9.17, 15) is 9.59 Å². The Morgan fingerprint density at radius 1 is 1.04 bits per heavy atom. The van der Waals surface area contributed by atoms with Crippen molar-refractivity contribution in [3.8, 4) is 5.75 Å². The van der Waals surface area contributed by atoms with Gasteiger partial charge < -0.3 is 20.3 Å². The summed E-state index contributed by atoms with van der Waals surface area (Å²) >= 11 is 0. The molecule has 134 valence electrons. The number of hydrogen-bond acceptors (Lipinski definition) is 4. The molecule has 4 rings (SSSR count). The van der Waals surface area contributed by atoms with Crippen molar-refractivity contribution in [3.05, 3.63) is 59.7 Å². The number of ether oxygens (including phenoxy) is 1. The lowest BCUT2D eigenvalue weighted by Gasteiger charge is -2.29. The summed E-state index contributed by atoms with van der Waals surface area (Å²) in [4.78, 5) is 26.4. The maximum Gasteiger partial charge on any atom is 0.260 e. The van der Waals surface area contributed by atoms with Gasteiger partial charge in [0.15, 0.2) is 6.61 Å². The number of benzene rings is 2. The summed E-state index contributed by atoms with van der Waals surface area (Å²) in [5.41, 5.74) is 2.19. The predicted molar refractivity (Wildman–Crippen MR) is 98.0 cm³/mol. The van der Waals surface area contributed by atoms with Gasteiger partial charge in [-0.1, -0.05) is 30.3 Å². The molecule has 2 heterocycles. The average molecular weight is 351 g/mol. The van der Waals surface area contributed by atoms with Gasteiger partial charge in [0, 0.05) is 24.3 Å². The number of nitrogens with zero attached hydrogens (tertiary/aromatic N) is 1. The molecule has 6 nitrogen and oxygen atoms in total. The molecule has 2 aromatic carbocycles. The Bertz CT molecular complexity index is 831. The number of nitrogens with one attached hydrogen (secondary N) is 2. The molecule has 0 saturated carbocycles. The van der Waals surface area contributed by atoms with E-state index in [1.54, 1.807) is 6.07 Å². The zero-order chi connectivity index (χ0) is 17.9. The summed E-state index contributed by atoms with van der Waals surface area (Å²) in [5.74, 6) is 0.466. The third kappa shape index (κ3) is 3.22. The molecule has 1 atom stereocenters. The molecular formula is C20H21N3O3. The molecule has 2 aromatic rings. The molecule has 2 aliphatic heterocycles. The highest BCUT2D eigenvalue weighted by Crippen LogP contribution is 2.31. The zero-order valence-corrected chi connectivity index (χ0v) is 14.4. The second kappa shape index (κ2) is 7.07. The predicted octanol–water partition coefficient (Wildman–Crippen LogP) is 2.54. The van der Waals surface area contributed by atoms with Crippen LogP contribution in [0.3, 0.4) is 0 Å². The van der Waals surface area contributed by atoms with Crippen molar-refractivity contribution in [1.82, 2.24) is 10.2 Å². The second-order valence-corrected chi connectivity index (χ2v) is 6.51. The van der Waals surface area contributed by atoms with Crippen LogP contribution in [0.4, 0.5) is 5.69 Å². The van der Waals surface area contributed by atoms with E-state index in [1.807, 2.05) is 47.4 Å². The maximum atomic E-state index is 12.4. The van der Waals surface area contributed by atoms with Gasteiger partial charge >= 0.3 is 0 Å². The van der Waals surface area contributed by atoms with E-state index < -0.39 is 6.17 Å². The summed E-state index contributed by atoms with van der Waals surface area (Å²) in [5, 5.41) is 6.27. The van der Waals surface area contributed by atoms with Crippen LogP contribution in [-0.4, -0.2) is 36.4 Å². The molecule has 6 heteroatoms. The first-order chi connectivity index (χ1) is 12.7. The van der Waals surface area contributed by atoms with Crippen molar-refractivity contribution >= 4 is 17.5 Å². The molecule has 2 aliphatic rings. The van der Waals surface area contributed by atoms with Gasteiger partial charge in [-0.25, -0.2) is 0 Å². The number of carbonyl (C=O) groups excluding carboxylic acids is 2. The minimum atomic E-state index is -0.407. The van der Waals surface area contributed by atoms with Gasteiger partial charge in [0.25, 0.3) is 11.8 Å². The number of carbonyl (C=O) groups is 2. The lowest BCUT2D eigenvalue weighted by atomic mass is 10.1. The Kier molecular flexibility index (Phi) is 4.48. The smallest absolute Gasteiger partial charge is 0.260 e. The van der Waals surface area contributed by atoms with Crippen LogP contribution in [-0.2, 0) is 4.79 Å². The average Bonchev–Trinajstić information content (AvgIpc) is 3.21. The number of likely N-dealkylation sites (tertiary alicyclic amines) is 1. The fraction of sp³-hybridized carbons (Fsp3) is 0.300. The highest BCUT2D eigenvalue weighted by atomic mass is 16.5. The van der Waals surface area contributed by atoms with Crippen molar-refractivity contribution in [1.29, 1.82) is 0 Å². The highest BCUT2D eigenvalue weighted by Gasteiger charge is 2.26. The molecule has 26 heavy (non-hydrogen) atoms. The zero-order valence-electron chi connectivity index (χ0n) is 14.4. The van der Waals surface area contributed by atoms with Crippen LogP contribution in [0.2, 0.25) is 0 Å². The van der Waals surface area contributed by atoms with Crippen molar-refractivity contribution in [3.63, 3.8) is 0 Å². The second-order valence-electron chi connectivity index (χ2n) is 6.51. The number of amides is 2. The van der Waals surface area contributed by atoms with E-state index in [1.165, 1.54) is 0 Å². The minimum absolute atomic E-state index is 0.00304. The summed E-state index contributed by atoms with van der Waals surface area (Å²) in [6, 6.07) is 14.8. The van der Waals surface area contributed by atoms with Gasteiger partial charge in [-0.05, 0) is 31.0 Å². The Hall–Kier alpha value is -3.02. The number of para-hydroxylation sites is 2. The normalized spacial score (nSPS) is 18.7. The fourth-order valence-corrected chi connectivity index (χ4v) is 3.41. The van der Waals surface area contributed by atoms with Crippen LogP contribution >= 0.6 is 0 Å². The standard InChI is InChI=1S/C20H21N3O3/c24-18(23-11-5-6-12-23)13-26-17-10-4-2-8-15(17)19-21-16-9-3-1-7-14(16)20(25)22-19/h1-4,7-10,19,21H,5-6,11-13H2,(H,22,25)/t19-/m1/s1. The molecule has 1 fully saturated rings. The SMILES string of the molecule is O=C1N[C@H](c2ccccc2OCC(=O)N2CCCC2)Nc2ccccc21. The summed E-state index contributed by atoms with van der Waals surface area (Å²) in [6.07, 6.45) is 1.70. The van der Waals surface area contributed by atoms with Crippen molar-refractivity contribution in [2.24, 2.45) is 0 Å².